The third-order valence-corrected chi connectivity index (χ3v) is 2.89. The Kier molecular flexibility index (Phi) is 6.24. The van der Waals surface area contributed by atoms with Gasteiger partial charge in [-0.2, -0.15) is 0 Å². The van der Waals surface area contributed by atoms with Crippen LogP contribution in [0.4, 0.5) is 14.9 Å². The van der Waals surface area contributed by atoms with E-state index in [-0.39, 0.29) is 17.5 Å². The number of amides is 2. The summed E-state index contributed by atoms with van der Waals surface area (Å²) < 4.78 is 13.2. The zero-order chi connectivity index (χ0) is 15.1. The molecular formula is C13H16ClFN2O3. The summed E-state index contributed by atoms with van der Waals surface area (Å²) >= 11 is 5.53. The molecule has 0 aromatic heterocycles. The van der Waals surface area contributed by atoms with E-state index >= 15 is 0 Å². The molecule has 0 aliphatic heterocycles. The van der Waals surface area contributed by atoms with Crippen molar-refractivity contribution in [2.45, 2.75) is 32.2 Å². The highest BCUT2D eigenvalue weighted by molar-refractivity contribution is 6.30. The third-order valence-electron chi connectivity index (χ3n) is 2.58. The summed E-state index contributed by atoms with van der Waals surface area (Å²) in [5.74, 6) is -1.47. The predicted molar refractivity (Wildman–Crippen MR) is 74.5 cm³/mol. The fourth-order valence-electron chi connectivity index (χ4n) is 1.60. The van der Waals surface area contributed by atoms with Crippen molar-refractivity contribution in [1.82, 2.24) is 5.32 Å². The van der Waals surface area contributed by atoms with Gasteiger partial charge in [0.1, 0.15) is 5.82 Å². The predicted octanol–water partition coefficient (Wildman–Crippen LogP) is 3.24. The lowest BCUT2D eigenvalue weighted by atomic mass is 10.1. The second-order valence-electron chi connectivity index (χ2n) is 4.41. The highest BCUT2D eigenvalue weighted by Gasteiger charge is 2.09. The first-order valence-electron chi connectivity index (χ1n) is 6.13. The highest BCUT2D eigenvalue weighted by atomic mass is 35.5. The van der Waals surface area contributed by atoms with Crippen LogP contribution in [-0.2, 0) is 4.79 Å². The first-order chi connectivity index (χ1) is 9.38. The molecule has 0 spiro atoms. The van der Waals surface area contributed by atoms with Crippen LogP contribution in [0.3, 0.4) is 0 Å². The van der Waals surface area contributed by atoms with Gasteiger partial charge in [-0.25, -0.2) is 9.18 Å². The minimum atomic E-state index is -0.863. The SMILES string of the molecule is CC(CCCC(=O)O)NC(=O)Nc1ccc(Cl)c(F)c1. The summed E-state index contributed by atoms with van der Waals surface area (Å²) in [6, 6.07) is 3.31. The number of benzene rings is 1. The van der Waals surface area contributed by atoms with Crippen molar-refractivity contribution in [3.63, 3.8) is 0 Å². The van der Waals surface area contributed by atoms with Gasteiger partial charge < -0.3 is 15.7 Å². The van der Waals surface area contributed by atoms with Gasteiger partial charge in [-0.3, -0.25) is 4.79 Å². The topological polar surface area (TPSA) is 78.4 Å². The molecule has 3 N–H and O–H groups in total. The molecule has 1 unspecified atom stereocenters. The van der Waals surface area contributed by atoms with Crippen molar-refractivity contribution in [1.29, 1.82) is 0 Å². The lowest BCUT2D eigenvalue weighted by molar-refractivity contribution is -0.137. The molecule has 0 radical (unpaired) electrons. The van der Waals surface area contributed by atoms with Crippen LogP contribution in [-0.4, -0.2) is 23.1 Å². The summed E-state index contributed by atoms with van der Waals surface area (Å²) in [6.45, 7) is 1.77. The Morgan fingerprint density at radius 1 is 1.45 bits per heavy atom. The lowest BCUT2D eigenvalue weighted by Crippen LogP contribution is -2.36. The molecule has 2 amide bonds. The van der Waals surface area contributed by atoms with Gasteiger partial charge in [0, 0.05) is 18.2 Å². The molecule has 5 nitrogen and oxygen atoms in total. The van der Waals surface area contributed by atoms with E-state index in [4.69, 9.17) is 16.7 Å². The average Bonchev–Trinajstić information content (AvgIpc) is 2.33. The van der Waals surface area contributed by atoms with Crippen molar-refractivity contribution >= 4 is 29.3 Å². The fraction of sp³-hybridized carbons (Fsp3) is 0.385. The van der Waals surface area contributed by atoms with Crippen LogP contribution < -0.4 is 10.6 Å². The molecule has 0 aliphatic rings. The monoisotopic (exact) mass is 302 g/mol. The lowest BCUT2D eigenvalue weighted by Gasteiger charge is -2.14. The van der Waals surface area contributed by atoms with E-state index in [1.807, 2.05) is 0 Å². The summed E-state index contributed by atoms with van der Waals surface area (Å²) in [4.78, 5) is 22.0. The van der Waals surface area contributed by atoms with E-state index in [9.17, 15) is 14.0 Å². The van der Waals surface area contributed by atoms with E-state index in [1.165, 1.54) is 12.1 Å². The summed E-state index contributed by atoms with van der Waals surface area (Å²) in [5.41, 5.74) is 0.294. The number of rotatable bonds is 6. The summed E-state index contributed by atoms with van der Waals surface area (Å²) in [7, 11) is 0. The normalized spacial score (nSPS) is 11.8. The summed E-state index contributed by atoms with van der Waals surface area (Å²) in [6.07, 6.45) is 1.09. The smallest absolute Gasteiger partial charge is 0.319 e. The number of carbonyl (C=O) groups excluding carboxylic acids is 1. The van der Waals surface area contributed by atoms with E-state index < -0.39 is 17.8 Å². The van der Waals surface area contributed by atoms with E-state index in [0.717, 1.165) is 6.07 Å². The Hall–Kier alpha value is -1.82. The number of carboxylic acid groups (broad SMARTS) is 1. The molecule has 0 saturated heterocycles. The van der Waals surface area contributed by atoms with Crippen LogP contribution >= 0.6 is 11.6 Å². The molecule has 0 saturated carbocycles. The van der Waals surface area contributed by atoms with Gasteiger partial charge in [0.2, 0.25) is 0 Å². The van der Waals surface area contributed by atoms with Gasteiger partial charge in [0.05, 0.1) is 5.02 Å². The maximum Gasteiger partial charge on any atom is 0.319 e. The second-order valence-corrected chi connectivity index (χ2v) is 4.82. The van der Waals surface area contributed by atoms with Gasteiger partial charge in [0.15, 0.2) is 0 Å². The first kappa shape index (κ1) is 16.2. The van der Waals surface area contributed by atoms with Gasteiger partial charge in [-0.15, -0.1) is 0 Å². The second kappa shape index (κ2) is 7.69. The van der Waals surface area contributed by atoms with E-state index in [0.29, 0.717) is 18.5 Å². The van der Waals surface area contributed by atoms with Crippen molar-refractivity contribution in [3.05, 3.63) is 29.0 Å². The number of anilines is 1. The van der Waals surface area contributed by atoms with Crippen LogP contribution in [0.5, 0.6) is 0 Å². The molecule has 0 bridgehead atoms. The van der Waals surface area contributed by atoms with Crippen LogP contribution in [0.15, 0.2) is 18.2 Å². The van der Waals surface area contributed by atoms with Gasteiger partial charge >= 0.3 is 12.0 Å². The highest BCUT2D eigenvalue weighted by Crippen LogP contribution is 2.18. The zero-order valence-electron chi connectivity index (χ0n) is 11.0. The number of carboxylic acids is 1. The Bertz CT molecular complexity index is 497. The molecule has 0 heterocycles. The Morgan fingerprint density at radius 2 is 2.15 bits per heavy atom. The van der Waals surface area contributed by atoms with Gasteiger partial charge in [0.25, 0.3) is 0 Å². The number of urea groups is 1. The Labute approximate surface area is 121 Å². The molecule has 0 aliphatic carbocycles. The van der Waals surface area contributed by atoms with Crippen LogP contribution in [0, 0.1) is 5.82 Å². The van der Waals surface area contributed by atoms with Crippen LogP contribution in [0.2, 0.25) is 5.02 Å². The molecule has 1 aromatic rings. The van der Waals surface area contributed by atoms with Crippen molar-refractivity contribution in [2.24, 2.45) is 0 Å². The van der Waals surface area contributed by atoms with E-state index in [1.54, 1.807) is 6.92 Å². The molecule has 1 rings (SSSR count). The third kappa shape index (κ3) is 5.88. The number of hydrogen-bond donors (Lipinski definition) is 3. The quantitative estimate of drug-likeness (QED) is 0.755. The molecule has 7 heteroatoms. The molecular weight excluding hydrogens is 287 g/mol. The van der Waals surface area contributed by atoms with Gasteiger partial charge in [-0.1, -0.05) is 11.6 Å². The largest absolute Gasteiger partial charge is 0.481 e. The number of nitrogens with one attached hydrogen (secondary N) is 2. The maximum atomic E-state index is 13.2. The Balaban J connectivity index is 2.38. The minimum absolute atomic E-state index is 0.0157. The molecule has 1 atom stereocenters. The van der Waals surface area contributed by atoms with Crippen molar-refractivity contribution < 1.29 is 19.1 Å². The molecule has 110 valence electrons. The first-order valence-corrected chi connectivity index (χ1v) is 6.50. The maximum absolute atomic E-state index is 13.2. The summed E-state index contributed by atoms with van der Waals surface area (Å²) in [5, 5.41) is 13.6. The number of hydrogen-bond acceptors (Lipinski definition) is 2. The number of halogens is 2. The molecule has 0 fully saturated rings. The van der Waals surface area contributed by atoms with Gasteiger partial charge in [-0.05, 0) is 38.0 Å². The zero-order valence-corrected chi connectivity index (χ0v) is 11.7. The standard InChI is InChI=1S/C13H16ClFN2O3/c1-8(3-2-4-12(18)19)16-13(20)17-9-5-6-10(14)11(15)7-9/h5-8H,2-4H2,1H3,(H,18,19)(H2,16,17,20). The van der Waals surface area contributed by atoms with Crippen LogP contribution in [0.1, 0.15) is 26.2 Å². The molecule has 20 heavy (non-hydrogen) atoms. The van der Waals surface area contributed by atoms with Crippen LogP contribution in [0.25, 0.3) is 0 Å². The Morgan fingerprint density at radius 3 is 2.75 bits per heavy atom. The van der Waals surface area contributed by atoms with E-state index in [2.05, 4.69) is 10.6 Å². The number of carbonyl (C=O) groups is 2. The average molecular weight is 303 g/mol. The van der Waals surface area contributed by atoms with Crippen molar-refractivity contribution in [3.8, 4) is 0 Å². The fourth-order valence-corrected chi connectivity index (χ4v) is 1.71. The number of aliphatic carboxylic acids is 1. The van der Waals surface area contributed by atoms with Crippen molar-refractivity contribution in [2.75, 3.05) is 5.32 Å². The minimum Gasteiger partial charge on any atom is -0.481 e. The molecule has 1 aromatic carbocycles.